The first-order valence-electron chi connectivity index (χ1n) is 7.62. The molecule has 0 saturated carbocycles. The highest BCUT2D eigenvalue weighted by Crippen LogP contribution is 2.23. The van der Waals surface area contributed by atoms with Crippen molar-refractivity contribution in [2.24, 2.45) is 4.99 Å². The molecule has 0 aliphatic carbocycles. The van der Waals surface area contributed by atoms with E-state index in [4.69, 9.17) is 0 Å². The number of aromatic nitrogens is 2. The van der Waals surface area contributed by atoms with Gasteiger partial charge >= 0.3 is 0 Å². The van der Waals surface area contributed by atoms with Crippen molar-refractivity contribution in [2.75, 3.05) is 7.05 Å². The van der Waals surface area contributed by atoms with E-state index in [1.165, 1.54) is 4.88 Å². The summed E-state index contributed by atoms with van der Waals surface area (Å²) in [6, 6.07) is 0. The summed E-state index contributed by atoms with van der Waals surface area (Å²) >= 11 is 3.41. The molecule has 0 aromatic carbocycles. The lowest BCUT2D eigenvalue weighted by molar-refractivity contribution is 0.570. The number of hydrogen-bond donors (Lipinski definition) is 2. The molecule has 0 bridgehead atoms. The average Bonchev–Trinajstić information content (AvgIpc) is 3.05. The van der Waals surface area contributed by atoms with E-state index < -0.39 is 0 Å². The lowest BCUT2D eigenvalue weighted by Crippen LogP contribution is -2.36. The Labute approximate surface area is 146 Å². The second-order valence-corrected chi connectivity index (χ2v) is 8.63. The number of hydrogen-bond acceptors (Lipinski definition) is 5. The standard InChI is InChI=1S/C16H25N5S2/c1-10-12(23-11(2)20-10)7-18-15(17-6)19-8-14-21-13(9-22-14)16(3,4)5/h9H,7-8H2,1-6H3,(H2,17,18,19). The molecular formula is C16H25N5S2. The van der Waals surface area contributed by atoms with Gasteiger partial charge in [-0.1, -0.05) is 20.8 Å². The van der Waals surface area contributed by atoms with Crippen molar-refractivity contribution in [3.05, 3.63) is 31.7 Å². The summed E-state index contributed by atoms with van der Waals surface area (Å²) in [7, 11) is 1.78. The minimum absolute atomic E-state index is 0.0935. The summed E-state index contributed by atoms with van der Waals surface area (Å²) in [6.45, 7) is 12.0. The molecule has 23 heavy (non-hydrogen) atoms. The van der Waals surface area contributed by atoms with Crippen LogP contribution >= 0.6 is 22.7 Å². The van der Waals surface area contributed by atoms with Crippen LogP contribution in [0.25, 0.3) is 0 Å². The van der Waals surface area contributed by atoms with Crippen LogP contribution in [0, 0.1) is 13.8 Å². The minimum Gasteiger partial charge on any atom is -0.351 e. The number of nitrogens with one attached hydrogen (secondary N) is 2. The van der Waals surface area contributed by atoms with Gasteiger partial charge in [0.15, 0.2) is 5.96 Å². The van der Waals surface area contributed by atoms with Crippen molar-refractivity contribution in [3.8, 4) is 0 Å². The largest absolute Gasteiger partial charge is 0.351 e. The first-order valence-corrected chi connectivity index (χ1v) is 9.31. The van der Waals surface area contributed by atoms with Gasteiger partial charge in [-0.3, -0.25) is 4.99 Å². The van der Waals surface area contributed by atoms with Gasteiger partial charge in [0.25, 0.3) is 0 Å². The van der Waals surface area contributed by atoms with E-state index in [1.54, 1.807) is 29.7 Å². The summed E-state index contributed by atoms with van der Waals surface area (Å²) < 4.78 is 0. The monoisotopic (exact) mass is 351 g/mol. The Morgan fingerprint density at radius 2 is 1.87 bits per heavy atom. The number of aryl methyl sites for hydroxylation is 2. The lowest BCUT2D eigenvalue weighted by atomic mass is 9.93. The molecule has 0 aliphatic rings. The SMILES string of the molecule is CN=C(NCc1nc(C(C)(C)C)cs1)NCc1sc(C)nc1C. The highest BCUT2D eigenvalue weighted by atomic mass is 32.1. The molecule has 126 valence electrons. The third-order valence-corrected chi connectivity index (χ3v) is 5.29. The summed E-state index contributed by atoms with van der Waals surface area (Å²) in [5.41, 5.74) is 2.32. The molecule has 0 spiro atoms. The second-order valence-electron chi connectivity index (χ2n) is 6.40. The van der Waals surface area contributed by atoms with E-state index in [1.807, 2.05) is 13.8 Å². The maximum atomic E-state index is 4.69. The Morgan fingerprint density at radius 1 is 1.17 bits per heavy atom. The quantitative estimate of drug-likeness (QED) is 0.655. The smallest absolute Gasteiger partial charge is 0.191 e. The van der Waals surface area contributed by atoms with Crippen LogP contribution in [0.15, 0.2) is 10.4 Å². The van der Waals surface area contributed by atoms with Gasteiger partial charge in [-0.05, 0) is 13.8 Å². The summed E-state index contributed by atoms with van der Waals surface area (Å²) in [6.07, 6.45) is 0. The van der Waals surface area contributed by atoms with Gasteiger partial charge in [-0.25, -0.2) is 9.97 Å². The maximum absolute atomic E-state index is 4.69. The van der Waals surface area contributed by atoms with E-state index in [-0.39, 0.29) is 5.41 Å². The fourth-order valence-electron chi connectivity index (χ4n) is 2.02. The molecule has 0 amide bonds. The molecule has 2 aromatic rings. The summed E-state index contributed by atoms with van der Waals surface area (Å²) in [4.78, 5) is 14.6. The van der Waals surface area contributed by atoms with Crippen molar-refractivity contribution in [2.45, 2.75) is 53.1 Å². The number of guanidine groups is 1. The fraction of sp³-hybridized carbons (Fsp3) is 0.562. The number of thiazole rings is 2. The zero-order valence-electron chi connectivity index (χ0n) is 14.6. The molecule has 0 unspecified atom stereocenters. The molecule has 0 fully saturated rings. The average molecular weight is 352 g/mol. The van der Waals surface area contributed by atoms with Gasteiger partial charge in [-0.2, -0.15) is 0 Å². The van der Waals surface area contributed by atoms with Gasteiger partial charge < -0.3 is 10.6 Å². The van der Waals surface area contributed by atoms with Gasteiger partial charge in [-0.15, -0.1) is 22.7 Å². The van der Waals surface area contributed by atoms with Crippen LogP contribution in [0.1, 0.15) is 47.1 Å². The summed E-state index contributed by atoms with van der Waals surface area (Å²) in [5, 5.41) is 11.0. The van der Waals surface area contributed by atoms with Gasteiger partial charge in [0.05, 0.1) is 29.5 Å². The first-order chi connectivity index (χ1) is 10.8. The van der Waals surface area contributed by atoms with E-state index in [0.717, 1.165) is 33.9 Å². The Morgan fingerprint density at radius 3 is 2.39 bits per heavy atom. The Kier molecular flexibility index (Phi) is 5.75. The third-order valence-electron chi connectivity index (χ3n) is 3.37. The molecule has 7 heteroatoms. The second kappa shape index (κ2) is 7.40. The minimum atomic E-state index is 0.0935. The zero-order valence-corrected chi connectivity index (χ0v) is 16.3. The molecular weight excluding hydrogens is 326 g/mol. The Bertz CT molecular complexity index is 679. The topological polar surface area (TPSA) is 62.2 Å². The van der Waals surface area contributed by atoms with Crippen LogP contribution in [-0.4, -0.2) is 23.0 Å². The molecule has 0 saturated heterocycles. The highest BCUT2D eigenvalue weighted by molar-refractivity contribution is 7.11. The lowest BCUT2D eigenvalue weighted by Gasteiger charge is -2.14. The Balaban J connectivity index is 1.88. The van der Waals surface area contributed by atoms with E-state index >= 15 is 0 Å². The van der Waals surface area contributed by atoms with Crippen LogP contribution in [0.2, 0.25) is 0 Å². The summed E-state index contributed by atoms with van der Waals surface area (Å²) in [5.74, 6) is 0.781. The zero-order chi connectivity index (χ0) is 17.0. The number of aliphatic imine (C=N–C) groups is 1. The fourth-order valence-corrected chi connectivity index (χ4v) is 3.86. The van der Waals surface area contributed by atoms with Crippen LogP contribution in [0.3, 0.4) is 0 Å². The van der Waals surface area contributed by atoms with E-state index in [0.29, 0.717) is 6.54 Å². The molecule has 0 radical (unpaired) electrons. The Hall–Kier alpha value is -1.47. The van der Waals surface area contributed by atoms with Crippen molar-refractivity contribution >= 4 is 28.6 Å². The predicted octanol–water partition coefficient (Wildman–Crippen LogP) is 3.38. The van der Waals surface area contributed by atoms with E-state index in [9.17, 15) is 0 Å². The normalized spacial score (nSPS) is 12.5. The maximum Gasteiger partial charge on any atom is 0.191 e. The van der Waals surface area contributed by atoms with Crippen LogP contribution in [0.5, 0.6) is 0 Å². The molecule has 0 atom stereocenters. The van der Waals surface area contributed by atoms with Crippen LogP contribution < -0.4 is 10.6 Å². The van der Waals surface area contributed by atoms with Crippen LogP contribution in [-0.2, 0) is 18.5 Å². The molecule has 2 N–H and O–H groups in total. The van der Waals surface area contributed by atoms with Crippen molar-refractivity contribution < 1.29 is 0 Å². The molecule has 2 rings (SSSR count). The van der Waals surface area contributed by atoms with Crippen LogP contribution in [0.4, 0.5) is 0 Å². The van der Waals surface area contributed by atoms with Crippen molar-refractivity contribution in [1.29, 1.82) is 0 Å². The van der Waals surface area contributed by atoms with Gasteiger partial charge in [0.1, 0.15) is 5.01 Å². The third kappa shape index (κ3) is 5.00. The van der Waals surface area contributed by atoms with Gasteiger partial charge in [0.2, 0.25) is 0 Å². The first kappa shape index (κ1) is 17.9. The van der Waals surface area contributed by atoms with E-state index in [2.05, 4.69) is 51.7 Å². The molecule has 2 aromatic heterocycles. The molecule has 0 aliphatic heterocycles. The van der Waals surface area contributed by atoms with Gasteiger partial charge in [0, 0.05) is 22.7 Å². The highest BCUT2D eigenvalue weighted by Gasteiger charge is 2.17. The van der Waals surface area contributed by atoms with Crippen molar-refractivity contribution in [3.63, 3.8) is 0 Å². The predicted molar refractivity (Wildman–Crippen MR) is 99.4 cm³/mol. The van der Waals surface area contributed by atoms with Crippen molar-refractivity contribution in [1.82, 2.24) is 20.6 Å². The molecule has 2 heterocycles. The number of rotatable bonds is 4. The molecule has 5 nitrogen and oxygen atoms in total. The number of nitrogens with zero attached hydrogens (tertiary/aromatic N) is 3.